The number of aromatic nitrogens is 1. The van der Waals surface area contributed by atoms with Gasteiger partial charge in [-0.15, -0.1) is 11.8 Å². The molecule has 0 bridgehead atoms. The van der Waals surface area contributed by atoms with Crippen LogP contribution in [0, 0.1) is 0 Å². The summed E-state index contributed by atoms with van der Waals surface area (Å²) in [5.41, 5.74) is 0.311. The summed E-state index contributed by atoms with van der Waals surface area (Å²) in [6, 6.07) is 2.72. The van der Waals surface area contributed by atoms with Crippen molar-refractivity contribution in [3.8, 4) is 0 Å². The molecule has 2 heterocycles. The van der Waals surface area contributed by atoms with Crippen LogP contribution in [0.25, 0.3) is 0 Å². The fourth-order valence-corrected chi connectivity index (χ4v) is 3.20. The zero-order chi connectivity index (χ0) is 14.5. The Morgan fingerprint density at radius 3 is 3.10 bits per heavy atom. The Morgan fingerprint density at radius 2 is 2.40 bits per heavy atom. The second-order valence-corrected chi connectivity index (χ2v) is 5.64. The summed E-state index contributed by atoms with van der Waals surface area (Å²) >= 11 is 7.55. The van der Waals surface area contributed by atoms with E-state index in [1.54, 1.807) is 30.8 Å². The summed E-state index contributed by atoms with van der Waals surface area (Å²) in [4.78, 5) is 29.9. The third-order valence-corrected chi connectivity index (χ3v) is 4.24. The fraction of sp³-hybridized carbons (Fsp3) is 0.462. The predicted octanol–water partition coefficient (Wildman–Crippen LogP) is 2.20. The molecule has 2 rings (SSSR count). The molecule has 1 aliphatic heterocycles. The van der Waals surface area contributed by atoms with Crippen molar-refractivity contribution in [2.45, 2.75) is 19.4 Å². The molecule has 7 heteroatoms. The lowest BCUT2D eigenvalue weighted by Crippen LogP contribution is -2.48. The van der Waals surface area contributed by atoms with Crippen LogP contribution in [0.15, 0.2) is 18.3 Å². The molecule has 1 fully saturated rings. The first kappa shape index (κ1) is 15.1. The number of carbonyl (C=O) groups excluding carboxylic acids is 2. The first-order chi connectivity index (χ1) is 9.65. The van der Waals surface area contributed by atoms with E-state index >= 15 is 0 Å². The summed E-state index contributed by atoms with van der Waals surface area (Å²) in [7, 11) is 0. The highest BCUT2D eigenvalue weighted by Crippen LogP contribution is 2.25. The second kappa shape index (κ2) is 6.95. The molecule has 1 aromatic heterocycles. The Bertz CT molecular complexity index is 512. The van der Waals surface area contributed by atoms with Crippen LogP contribution in [0.5, 0.6) is 0 Å². The quantitative estimate of drug-likeness (QED) is 0.632. The van der Waals surface area contributed by atoms with Crippen LogP contribution in [-0.2, 0) is 9.53 Å². The number of halogens is 1. The molecular formula is C13H15ClN2O3S. The summed E-state index contributed by atoms with van der Waals surface area (Å²) in [6.07, 6.45) is 2.11. The number of nitrogens with zero attached hydrogens (tertiary/aromatic N) is 2. The van der Waals surface area contributed by atoms with Crippen molar-refractivity contribution in [1.82, 2.24) is 9.88 Å². The van der Waals surface area contributed by atoms with Gasteiger partial charge in [0.05, 0.1) is 18.0 Å². The molecule has 0 spiro atoms. The average molecular weight is 315 g/mol. The van der Waals surface area contributed by atoms with E-state index in [4.69, 9.17) is 16.3 Å². The number of carbonyl (C=O) groups is 2. The van der Waals surface area contributed by atoms with Crippen LogP contribution in [0.1, 0.15) is 23.7 Å². The molecule has 0 aromatic carbocycles. The zero-order valence-corrected chi connectivity index (χ0v) is 12.6. The number of thioether (sulfide) groups is 1. The Hall–Kier alpha value is -1.27. The maximum Gasteiger partial charge on any atom is 0.328 e. The van der Waals surface area contributed by atoms with E-state index in [0.717, 1.165) is 5.75 Å². The number of hydrogen-bond acceptors (Lipinski definition) is 5. The highest BCUT2D eigenvalue weighted by Gasteiger charge is 2.34. The van der Waals surface area contributed by atoms with Gasteiger partial charge in [-0.05, 0) is 31.2 Å². The molecule has 108 valence electrons. The van der Waals surface area contributed by atoms with E-state index < -0.39 is 6.04 Å². The Labute approximate surface area is 126 Å². The van der Waals surface area contributed by atoms with Crippen LogP contribution >= 0.6 is 23.4 Å². The lowest BCUT2D eigenvalue weighted by molar-refractivity contribution is -0.148. The minimum Gasteiger partial charge on any atom is -0.464 e. The number of hydrogen-bond donors (Lipinski definition) is 0. The van der Waals surface area contributed by atoms with Gasteiger partial charge in [-0.25, -0.2) is 9.78 Å². The largest absolute Gasteiger partial charge is 0.464 e. The van der Waals surface area contributed by atoms with Gasteiger partial charge in [0.25, 0.3) is 5.91 Å². The SMILES string of the molecule is CCOC(=O)C1CCSCN1C(=O)c1cccnc1Cl. The van der Waals surface area contributed by atoms with Crippen LogP contribution in [0.2, 0.25) is 5.15 Å². The number of ether oxygens (including phenoxy) is 1. The topological polar surface area (TPSA) is 59.5 Å². The molecule has 1 amide bonds. The van der Waals surface area contributed by atoms with Crippen LogP contribution < -0.4 is 0 Å². The first-order valence-corrected chi connectivity index (χ1v) is 7.84. The van der Waals surface area contributed by atoms with Crippen LogP contribution in [0.4, 0.5) is 0 Å². The van der Waals surface area contributed by atoms with Crippen molar-refractivity contribution >= 4 is 35.2 Å². The molecule has 0 N–H and O–H groups in total. The van der Waals surface area contributed by atoms with Gasteiger partial charge >= 0.3 is 5.97 Å². The summed E-state index contributed by atoms with van der Waals surface area (Å²) in [5, 5.41) is 0.149. The van der Waals surface area contributed by atoms with E-state index in [1.807, 2.05) is 0 Å². The van der Waals surface area contributed by atoms with Crippen molar-refractivity contribution in [2.24, 2.45) is 0 Å². The second-order valence-electron chi connectivity index (χ2n) is 4.21. The smallest absolute Gasteiger partial charge is 0.328 e. The molecule has 1 aliphatic rings. The van der Waals surface area contributed by atoms with Crippen LogP contribution in [0.3, 0.4) is 0 Å². The fourth-order valence-electron chi connectivity index (χ4n) is 1.99. The minimum absolute atomic E-state index is 0.149. The molecule has 0 radical (unpaired) electrons. The molecule has 0 aliphatic carbocycles. The van der Waals surface area contributed by atoms with Gasteiger partial charge in [0.15, 0.2) is 0 Å². The van der Waals surface area contributed by atoms with E-state index in [1.165, 1.54) is 11.1 Å². The van der Waals surface area contributed by atoms with Crippen molar-refractivity contribution in [1.29, 1.82) is 0 Å². The zero-order valence-electron chi connectivity index (χ0n) is 11.0. The van der Waals surface area contributed by atoms with Crippen molar-refractivity contribution in [3.63, 3.8) is 0 Å². The maximum atomic E-state index is 12.5. The highest BCUT2D eigenvalue weighted by molar-refractivity contribution is 7.99. The van der Waals surface area contributed by atoms with Crippen molar-refractivity contribution in [3.05, 3.63) is 29.0 Å². The van der Waals surface area contributed by atoms with Gasteiger partial charge in [-0.1, -0.05) is 11.6 Å². The number of rotatable bonds is 3. The van der Waals surface area contributed by atoms with E-state index in [2.05, 4.69) is 4.98 Å². The average Bonchev–Trinajstić information content (AvgIpc) is 2.47. The normalized spacial score (nSPS) is 18.7. The van der Waals surface area contributed by atoms with Crippen molar-refractivity contribution < 1.29 is 14.3 Å². The van der Waals surface area contributed by atoms with E-state index in [0.29, 0.717) is 24.5 Å². The predicted molar refractivity (Wildman–Crippen MR) is 77.8 cm³/mol. The number of pyridine rings is 1. The van der Waals surface area contributed by atoms with Gasteiger partial charge in [0.1, 0.15) is 11.2 Å². The summed E-state index contributed by atoms with van der Waals surface area (Å²) in [6.45, 7) is 2.05. The number of esters is 1. The minimum atomic E-state index is -0.542. The number of amides is 1. The molecule has 1 aromatic rings. The Balaban J connectivity index is 2.22. The molecule has 1 saturated heterocycles. The third-order valence-electron chi connectivity index (χ3n) is 2.95. The molecular weight excluding hydrogens is 300 g/mol. The van der Waals surface area contributed by atoms with Gasteiger partial charge < -0.3 is 9.64 Å². The van der Waals surface area contributed by atoms with Gasteiger partial charge in [-0.3, -0.25) is 4.79 Å². The van der Waals surface area contributed by atoms with Gasteiger partial charge in [0, 0.05) is 6.20 Å². The molecule has 20 heavy (non-hydrogen) atoms. The van der Waals surface area contributed by atoms with Gasteiger partial charge in [-0.2, -0.15) is 0 Å². The molecule has 1 unspecified atom stereocenters. The lowest BCUT2D eigenvalue weighted by atomic mass is 10.1. The standard InChI is InChI=1S/C13H15ClN2O3S/c1-2-19-13(18)10-5-7-20-8-16(10)12(17)9-4-3-6-15-11(9)14/h3-4,6,10H,2,5,7-8H2,1H3. The Kier molecular flexibility index (Phi) is 5.25. The molecule has 1 atom stereocenters. The molecule has 0 saturated carbocycles. The summed E-state index contributed by atoms with van der Waals surface area (Å²) < 4.78 is 5.04. The van der Waals surface area contributed by atoms with Gasteiger partial charge in [0.2, 0.25) is 0 Å². The third kappa shape index (κ3) is 3.24. The lowest BCUT2D eigenvalue weighted by Gasteiger charge is -2.33. The maximum absolute atomic E-state index is 12.5. The first-order valence-electron chi connectivity index (χ1n) is 6.31. The monoisotopic (exact) mass is 314 g/mol. The highest BCUT2D eigenvalue weighted by atomic mass is 35.5. The summed E-state index contributed by atoms with van der Waals surface area (Å²) in [5.74, 6) is 0.635. The Morgan fingerprint density at radius 1 is 1.60 bits per heavy atom. The van der Waals surface area contributed by atoms with E-state index in [9.17, 15) is 9.59 Å². The molecule has 5 nitrogen and oxygen atoms in total. The van der Waals surface area contributed by atoms with Crippen molar-refractivity contribution in [2.75, 3.05) is 18.2 Å². The van der Waals surface area contributed by atoms with Crippen LogP contribution in [-0.4, -0.2) is 46.0 Å². The van der Waals surface area contributed by atoms with E-state index in [-0.39, 0.29) is 17.0 Å².